The fourth-order valence-corrected chi connectivity index (χ4v) is 1.12. The van der Waals surface area contributed by atoms with Crippen LogP contribution in [0.25, 0.3) is 0 Å². The van der Waals surface area contributed by atoms with Crippen molar-refractivity contribution in [2.45, 2.75) is 6.92 Å². The molecule has 0 aliphatic heterocycles. The number of esters is 1. The third-order valence-electron chi connectivity index (χ3n) is 1.77. The highest BCUT2D eigenvalue weighted by Gasteiger charge is 2.09. The molecule has 0 fully saturated rings. The lowest BCUT2D eigenvalue weighted by molar-refractivity contribution is -0.134. The SMILES string of the molecule is CCOC(=O)/C(Cl)=N/Nc1ccccc1C#N. The van der Waals surface area contributed by atoms with Gasteiger partial charge in [0.15, 0.2) is 0 Å². The molecule has 0 amide bonds. The Hall–Kier alpha value is -2.06. The molecule has 0 radical (unpaired) electrons. The van der Waals surface area contributed by atoms with Crippen LogP contribution in [0.3, 0.4) is 0 Å². The van der Waals surface area contributed by atoms with Crippen molar-refractivity contribution in [1.29, 1.82) is 5.26 Å². The van der Waals surface area contributed by atoms with Crippen LogP contribution in [0.4, 0.5) is 5.69 Å². The molecular formula is C11H10ClN3O2. The van der Waals surface area contributed by atoms with Crippen LogP contribution in [0.1, 0.15) is 12.5 Å². The Morgan fingerprint density at radius 2 is 2.29 bits per heavy atom. The lowest BCUT2D eigenvalue weighted by atomic mass is 10.2. The lowest BCUT2D eigenvalue weighted by Crippen LogP contribution is -2.13. The molecule has 0 spiro atoms. The highest BCUT2D eigenvalue weighted by Crippen LogP contribution is 2.13. The summed E-state index contributed by atoms with van der Waals surface area (Å²) in [6.45, 7) is 1.89. The summed E-state index contributed by atoms with van der Waals surface area (Å²) >= 11 is 5.59. The van der Waals surface area contributed by atoms with Crippen LogP contribution in [0.2, 0.25) is 0 Å². The summed E-state index contributed by atoms with van der Waals surface area (Å²) < 4.78 is 4.64. The first-order valence-corrected chi connectivity index (χ1v) is 5.22. The van der Waals surface area contributed by atoms with Gasteiger partial charge in [0.2, 0.25) is 5.17 Å². The Morgan fingerprint density at radius 1 is 1.59 bits per heavy atom. The summed E-state index contributed by atoms with van der Waals surface area (Å²) in [6.07, 6.45) is 0. The Kier molecular flexibility index (Phi) is 4.98. The number of nitriles is 1. The molecule has 17 heavy (non-hydrogen) atoms. The first-order chi connectivity index (χ1) is 8.19. The zero-order chi connectivity index (χ0) is 12.7. The predicted octanol–water partition coefficient (Wildman–Crippen LogP) is 2.09. The van der Waals surface area contributed by atoms with Gasteiger partial charge < -0.3 is 4.74 Å². The minimum absolute atomic E-state index is 0.222. The van der Waals surface area contributed by atoms with E-state index in [9.17, 15) is 4.79 Å². The van der Waals surface area contributed by atoms with Gasteiger partial charge in [0, 0.05) is 0 Å². The molecule has 6 heteroatoms. The second-order valence-electron chi connectivity index (χ2n) is 2.89. The lowest BCUT2D eigenvalue weighted by Gasteiger charge is -2.03. The standard InChI is InChI=1S/C11H10ClN3O2/c1-2-17-11(16)10(12)15-14-9-6-4-3-5-8(9)7-13/h3-6,14H,2H2,1H3/b15-10-. The molecule has 1 N–H and O–H groups in total. The molecule has 0 aliphatic rings. The third-order valence-corrected chi connectivity index (χ3v) is 2.00. The van der Waals surface area contributed by atoms with Crippen LogP contribution in [-0.4, -0.2) is 17.7 Å². The number of nitrogens with zero attached hydrogens (tertiary/aromatic N) is 2. The number of benzene rings is 1. The van der Waals surface area contributed by atoms with Gasteiger partial charge in [-0.3, -0.25) is 5.43 Å². The molecule has 5 nitrogen and oxygen atoms in total. The highest BCUT2D eigenvalue weighted by atomic mass is 35.5. The van der Waals surface area contributed by atoms with Gasteiger partial charge in [-0.2, -0.15) is 10.4 Å². The van der Waals surface area contributed by atoms with Gasteiger partial charge in [-0.15, -0.1) is 0 Å². The number of hydrazone groups is 1. The van der Waals surface area contributed by atoms with Crippen molar-refractivity contribution in [2.75, 3.05) is 12.0 Å². The van der Waals surface area contributed by atoms with E-state index in [1.54, 1.807) is 31.2 Å². The number of rotatable bonds is 4. The molecule has 0 heterocycles. The summed E-state index contributed by atoms with van der Waals surface area (Å²) in [5.74, 6) is -0.712. The van der Waals surface area contributed by atoms with Crippen LogP contribution >= 0.6 is 11.6 Å². The maximum Gasteiger partial charge on any atom is 0.370 e. The van der Waals surface area contributed by atoms with E-state index in [1.807, 2.05) is 6.07 Å². The van der Waals surface area contributed by atoms with Crippen LogP contribution in [0.15, 0.2) is 29.4 Å². The van der Waals surface area contributed by atoms with Gasteiger partial charge in [0.1, 0.15) is 6.07 Å². The monoisotopic (exact) mass is 251 g/mol. The number of hydrogen-bond acceptors (Lipinski definition) is 5. The second kappa shape index (κ2) is 6.51. The van der Waals surface area contributed by atoms with Gasteiger partial charge in [-0.05, 0) is 19.1 Å². The van der Waals surface area contributed by atoms with E-state index >= 15 is 0 Å². The topological polar surface area (TPSA) is 74.5 Å². The Morgan fingerprint density at radius 3 is 2.94 bits per heavy atom. The van der Waals surface area contributed by atoms with Crippen molar-refractivity contribution < 1.29 is 9.53 Å². The van der Waals surface area contributed by atoms with Gasteiger partial charge in [0.25, 0.3) is 0 Å². The Balaban J connectivity index is 2.76. The highest BCUT2D eigenvalue weighted by molar-refractivity contribution is 6.82. The zero-order valence-corrected chi connectivity index (χ0v) is 9.86. The first kappa shape index (κ1) is 13.0. The molecule has 88 valence electrons. The molecule has 0 atom stereocenters. The molecule has 0 saturated heterocycles. The number of carbonyl (C=O) groups excluding carboxylic acids is 1. The molecule has 1 aromatic carbocycles. The summed E-state index contributed by atoms with van der Waals surface area (Å²) in [7, 11) is 0. The minimum Gasteiger partial charge on any atom is -0.461 e. The predicted molar refractivity (Wildman–Crippen MR) is 64.7 cm³/mol. The molecule has 1 aromatic rings. The Bertz CT molecular complexity index is 480. The van der Waals surface area contributed by atoms with E-state index < -0.39 is 5.97 Å². The zero-order valence-electron chi connectivity index (χ0n) is 9.11. The summed E-state index contributed by atoms with van der Waals surface area (Å²) in [6, 6.07) is 8.71. The minimum atomic E-state index is -0.712. The van der Waals surface area contributed by atoms with E-state index in [2.05, 4.69) is 15.3 Å². The van der Waals surface area contributed by atoms with Gasteiger partial charge in [0.05, 0.1) is 17.9 Å². The quantitative estimate of drug-likeness (QED) is 0.505. The average molecular weight is 252 g/mol. The number of anilines is 1. The van der Waals surface area contributed by atoms with Crippen LogP contribution in [-0.2, 0) is 9.53 Å². The van der Waals surface area contributed by atoms with Crippen molar-refractivity contribution in [2.24, 2.45) is 5.10 Å². The van der Waals surface area contributed by atoms with E-state index in [4.69, 9.17) is 16.9 Å². The number of hydrogen-bond donors (Lipinski definition) is 1. The van der Waals surface area contributed by atoms with Crippen molar-refractivity contribution in [3.05, 3.63) is 29.8 Å². The molecule has 1 rings (SSSR count). The van der Waals surface area contributed by atoms with Crippen LogP contribution in [0.5, 0.6) is 0 Å². The maximum absolute atomic E-state index is 11.1. The molecule has 0 saturated carbocycles. The van der Waals surface area contributed by atoms with Crippen molar-refractivity contribution in [1.82, 2.24) is 0 Å². The summed E-state index contributed by atoms with van der Waals surface area (Å²) in [5.41, 5.74) is 3.41. The largest absolute Gasteiger partial charge is 0.461 e. The molecule has 0 unspecified atom stereocenters. The number of halogens is 1. The number of carbonyl (C=O) groups is 1. The van der Waals surface area contributed by atoms with E-state index in [0.29, 0.717) is 11.3 Å². The fourth-order valence-electron chi connectivity index (χ4n) is 1.02. The molecule has 0 aliphatic carbocycles. The Labute approximate surface area is 104 Å². The van der Waals surface area contributed by atoms with Crippen molar-refractivity contribution in [3.8, 4) is 6.07 Å². The van der Waals surface area contributed by atoms with E-state index in [0.717, 1.165) is 0 Å². The smallest absolute Gasteiger partial charge is 0.370 e. The first-order valence-electron chi connectivity index (χ1n) is 4.84. The fraction of sp³-hybridized carbons (Fsp3) is 0.182. The van der Waals surface area contributed by atoms with E-state index in [-0.39, 0.29) is 11.8 Å². The number of para-hydroxylation sites is 1. The van der Waals surface area contributed by atoms with Crippen molar-refractivity contribution in [3.63, 3.8) is 0 Å². The maximum atomic E-state index is 11.1. The van der Waals surface area contributed by atoms with Crippen LogP contribution in [0, 0.1) is 11.3 Å². The van der Waals surface area contributed by atoms with Crippen LogP contribution < -0.4 is 5.43 Å². The average Bonchev–Trinajstić information content (AvgIpc) is 2.36. The second-order valence-corrected chi connectivity index (χ2v) is 3.25. The number of ether oxygens (including phenoxy) is 1. The van der Waals surface area contributed by atoms with Gasteiger partial charge >= 0.3 is 5.97 Å². The van der Waals surface area contributed by atoms with Gasteiger partial charge in [-0.1, -0.05) is 23.7 Å². The third kappa shape index (κ3) is 3.78. The van der Waals surface area contributed by atoms with Crippen molar-refractivity contribution >= 4 is 28.4 Å². The molecule has 0 aromatic heterocycles. The summed E-state index contributed by atoms with van der Waals surface area (Å²) in [4.78, 5) is 11.1. The molecule has 0 bridgehead atoms. The summed E-state index contributed by atoms with van der Waals surface area (Å²) in [5, 5.41) is 12.1. The normalized spacial score (nSPS) is 10.5. The van der Waals surface area contributed by atoms with E-state index in [1.165, 1.54) is 0 Å². The van der Waals surface area contributed by atoms with Gasteiger partial charge in [-0.25, -0.2) is 4.79 Å². The molecular weight excluding hydrogens is 242 g/mol. The number of nitrogens with one attached hydrogen (secondary N) is 1.